The van der Waals surface area contributed by atoms with Crippen molar-refractivity contribution in [3.63, 3.8) is 0 Å². The van der Waals surface area contributed by atoms with Gasteiger partial charge in [-0.2, -0.15) is 0 Å². The number of pyridine rings is 1. The van der Waals surface area contributed by atoms with Crippen LogP contribution in [0.1, 0.15) is 5.56 Å². The Morgan fingerprint density at radius 1 is 1.03 bits per heavy atom. The Labute approximate surface area is 173 Å². The number of imide groups is 1. The zero-order valence-electron chi connectivity index (χ0n) is 15.7. The van der Waals surface area contributed by atoms with E-state index in [0.717, 1.165) is 41.0 Å². The van der Waals surface area contributed by atoms with Crippen molar-refractivity contribution in [1.29, 1.82) is 0 Å². The first-order chi connectivity index (χ1) is 14.1. The molecule has 0 radical (unpaired) electrons. The summed E-state index contributed by atoms with van der Waals surface area (Å²) in [5.41, 5.74) is 1.87. The summed E-state index contributed by atoms with van der Waals surface area (Å²) in [6.45, 7) is 2.35. The molecule has 2 saturated heterocycles. The maximum atomic E-state index is 12.7. The zero-order chi connectivity index (χ0) is 20.2. The third kappa shape index (κ3) is 4.32. The van der Waals surface area contributed by atoms with Crippen LogP contribution in [0.15, 0.2) is 59.8 Å². The fraction of sp³-hybridized carbons (Fsp3) is 0.238. The highest BCUT2D eigenvalue weighted by Gasteiger charge is 2.37. The van der Waals surface area contributed by atoms with Gasteiger partial charge in [-0.15, -0.1) is 0 Å². The number of amides is 3. The fourth-order valence-corrected chi connectivity index (χ4v) is 4.18. The largest absolute Gasteiger partial charge is 0.368 e. The summed E-state index contributed by atoms with van der Waals surface area (Å²) in [6.07, 6.45) is 4.88. The molecule has 0 atom stereocenters. The van der Waals surface area contributed by atoms with E-state index in [9.17, 15) is 14.4 Å². The van der Waals surface area contributed by atoms with Crippen molar-refractivity contribution in [1.82, 2.24) is 14.8 Å². The van der Waals surface area contributed by atoms with Crippen LogP contribution >= 0.6 is 11.8 Å². The fourth-order valence-electron chi connectivity index (χ4n) is 3.34. The van der Waals surface area contributed by atoms with E-state index in [4.69, 9.17) is 0 Å². The second-order valence-electron chi connectivity index (χ2n) is 6.76. The molecule has 0 N–H and O–H groups in total. The molecule has 2 aliphatic heterocycles. The molecule has 148 valence electrons. The Morgan fingerprint density at radius 2 is 1.79 bits per heavy atom. The van der Waals surface area contributed by atoms with Gasteiger partial charge in [0.2, 0.25) is 5.91 Å². The lowest BCUT2D eigenvalue weighted by atomic mass is 10.2. The summed E-state index contributed by atoms with van der Waals surface area (Å²) in [5, 5.41) is -0.415. The van der Waals surface area contributed by atoms with Gasteiger partial charge >= 0.3 is 0 Å². The SMILES string of the molecule is O=C(CN1C(=O)S/C(=C/c2cccnc2)C1=O)N1CCN(c2ccccc2)CC1. The van der Waals surface area contributed by atoms with Crippen LogP contribution in [0.5, 0.6) is 0 Å². The summed E-state index contributed by atoms with van der Waals surface area (Å²) in [5.74, 6) is -0.636. The summed E-state index contributed by atoms with van der Waals surface area (Å²) in [4.78, 5) is 46.8. The number of hydrogen-bond acceptors (Lipinski definition) is 6. The molecule has 0 unspecified atom stereocenters. The lowest BCUT2D eigenvalue weighted by Gasteiger charge is -2.36. The number of benzene rings is 1. The van der Waals surface area contributed by atoms with Gasteiger partial charge in [-0.05, 0) is 41.6 Å². The van der Waals surface area contributed by atoms with E-state index >= 15 is 0 Å². The number of carbonyl (C=O) groups excluding carboxylic acids is 3. The van der Waals surface area contributed by atoms with E-state index < -0.39 is 11.1 Å². The number of aromatic nitrogens is 1. The number of piperazine rings is 1. The lowest BCUT2D eigenvalue weighted by Crippen LogP contribution is -2.51. The van der Waals surface area contributed by atoms with Gasteiger partial charge in [-0.25, -0.2) is 0 Å². The van der Waals surface area contributed by atoms with E-state index in [2.05, 4.69) is 9.88 Å². The molecule has 2 fully saturated rings. The average molecular weight is 408 g/mol. The molecule has 0 aliphatic carbocycles. The minimum Gasteiger partial charge on any atom is -0.368 e. The Balaban J connectivity index is 1.36. The molecule has 1 aromatic heterocycles. The monoisotopic (exact) mass is 408 g/mol. The predicted octanol–water partition coefficient (Wildman–Crippen LogP) is 2.47. The number of nitrogens with zero attached hydrogens (tertiary/aromatic N) is 4. The van der Waals surface area contributed by atoms with Gasteiger partial charge in [-0.1, -0.05) is 24.3 Å². The second kappa shape index (κ2) is 8.48. The van der Waals surface area contributed by atoms with Crippen LogP contribution in [0.3, 0.4) is 0 Å². The normalized spacial score (nSPS) is 18.6. The molecule has 0 saturated carbocycles. The van der Waals surface area contributed by atoms with E-state index in [-0.39, 0.29) is 12.5 Å². The standard InChI is InChI=1S/C21H20N4O3S/c26-19(24-11-9-23(10-12-24)17-6-2-1-3-7-17)15-25-20(27)18(29-21(25)28)13-16-5-4-8-22-14-16/h1-8,13-14H,9-12,15H2/b18-13+. The maximum Gasteiger partial charge on any atom is 0.294 e. The first-order valence-electron chi connectivity index (χ1n) is 9.35. The molecule has 2 aromatic rings. The second-order valence-corrected chi connectivity index (χ2v) is 7.75. The molecular weight excluding hydrogens is 388 g/mol. The van der Waals surface area contributed by atoms with Crippen molar-refractivity contribution in [2.75, 3.05) is 37.6 Å². The summed E-state index contributed by atoms with van der Waals surface area (Å²) in [6, 6.07) is 13.6. The number of rotatable bonds is 4. The summed E-state index contributed by atoms with van der Waals surface area (Å²) in [7, 11) is 0. The Kier molecular flexibility index (Phi) is 5.62. The predicted molar refractivity (Wildman–Crippen MR) is 112 cm³/mol. The van der Waals surface area contributed by atoms with Crippen LogP contribution in [-0.4, -0.2) is 64.6 Å². The van der Waals surface area contributed by atoms with Gasteiger partial charge in [0, 0.05) is 44.3 Å². The van der Waals surface area contributed by atoms with Crippen LogP contribution in [0, 0.1) is 0 Å². The van der Waals surface area contributed by atoms with Crippen LogP contribution in [0.25, 0.3) is 6.08 Å². The van der Waals surface area contributed by atoms with Crippen LogP contribution in [0.2, 0.25) is 0 Å². The molecule has 29 heavy (non-hydrogen) atoms. The molecule has 1 aromatic carbocycles. The smallest absolute Gasteiger partial charge is 0.294 e. The van der Waals surface area contributed by atoms with E-state index in [1.165, 1.54) is 0 Å². The van der Waals surface area contributed by atoms with Gasteiger partial charge in [0.1, 0.15) is 6.54 Å². The molecule has 3 heterocycles. The molecule has 0 bridgehead atoms. The molecule has 8 heteroatoms. The average Bonchev–Trinajstić information content (AvgIpc) is 3.02. The van der Waals surface area contributed by atoms with Gasteiger partial charge in [0.25, 0.3) is 11.1 Å². The van der Waals surface area contributed by atoms with E-state index in [1.54, 1.807) is 35.5 Å². The van der Waals surface area contributed by atoms with Crippen molar-refractivity contribution >= 4 is 40.6 Å². The van der Waals surface area contributed by atoms with Crippen molar-refractivity contribution in [3.8, 4) is 0 Å². The van der Waals surface area contributed by atoms with Crippen LogP contribution < -0.4 is 4.90 Å². The highest BCUT2D eigenvalue weighted by atomic mass is 32.2. The minimum absolute atomic E-state index is 0.206. The Bertz CT molecular complexity index is 941. The number of anilines is 1. The van der Waals surface area contributed by atoms with Crippen molar-refractivity contribution in [2.24, 2.45) is 0 Å². The Morgan fingerprint density at radius 3 is 2.48 bits per heavy atom. The van der Waals surface area contributed by atoms with E-state index in [0.29, 0.717) is 18.0 Å². The number of para-hydroxylation sites is 1. The minimum atomic E-state index is -0.430. The highest BCUT2D eigenvalue weighted by molar-refractivity contribution is 8.18. The van der Waals surface area contributed by atoms with Crippen molar-refractivity contribution in [2.45, 2.75) is 0 Å². The molecule has 2 aliphatic rings. The quantitative estimate of drug-likeness (QED) is 0.724. The Hall–Kier alpha value is -3.13. The summed E-state index contributed by atoms with van der Waals surface area (Å²) >= 11 is 0.855. The number of hydrogen-bond donors (Lipinski definition) is 0. The number of thioether (sulfide) groups is 1. The van der Waals surface area contributed by atoms with Crippen molar-refractivity contribution in [3.05, 3.63) is 65.3 Å². The van der Waals surface area contributed by atoms with Crippen LogP contribution in [0.4, 0.5) is 10.5 Å². The molecule has 3 amide bonds. The van der Waals surface area contributed by atoms with Crippen molar-refractivity contribution < 1.29 is 14.4 Å². The summed E-state index contributed by atoms with van der Waals surface area (Å²) < 4.78 is 0. The molecular formula is C21H20N4O3S. The van der Waals surface area contributed by atoms with Gasteiger partial charge < -0.3 is 9.80 Å². The van der Waals surface area contributed by atoms with Gasteiger partial charge in [-0.3, -0.25) is 24.3 Å². The molecule has 4 rings (SSSR count). The molecule has 0 spiro atoms. The third-order valence-corrected chi connectivity index (χ3v) is 5.81. The number of carbonyl (C=O) groups is 3. The first kappa shape index (κ1) is 19.2. The molecule has 7 nitrogen and oxygen atoms in total. The maximum absolute atomic E-state index is 12.7. The topological polar surface area (TPSA) is 73.8 Å². The lowest BCUT2D eigenvalue weighted by molar-refractivity contribution is -0.136. The third-order valence-electron chi connectivity index (χ3n) is 4.90. The first-order valence-corrected chi connectivity index (χ1v) is 10.2. The van der Waals surface area contributed by atoms with Crippen LogP contribution in [-0.2, 0) is 9.59 Å². The van der Waals surface area contributed by atoms with Gasteiger partial charge in [0.15, 0.2) is 0 Å². The van der Waals surface area contributed by atoms with E-state index in [1.807, 2.05) is 30.3 Å². The highest BCUT2D eigenvalue weighted by Crippen LogP contribution is 2.32. The van der Waals surface area contributed by atoms with Gasteiger partial charge in [0.05, 0.1) is 4.91 Å². The zero-order valence-corrected chi connectivity index (χ0v) is 16.5.